The molecule has 0 saturated carbocycles. The predicted octanol–water partition coefficient (Wildman–Crippen LogP) is 4.24. The zero-order valence-electron chi connectivity index (χ0n) is 18.0. The number of aryl methyl sites for hydroxylation is 2. The summed E-state index contributed by atoms with van der Waals surface area (Å²) in [6.07, 6.45) is 4.02. The van der Waals surface area contributed by atoms with Gasteiger partial charge in [0.05, 0.1) is 12.5 Å². The lowest BCUT2D eigenvalue weighted by molar-refractivity contribution is -0.124. The number of benzene rings is 2. The molecule has 0 N–H and O–H groups in total. The number of piperidine rings is 1. The molecule has 0 aliphatic carbocycles. The van der Waals surface area contributed by atoms with Crippen LogP contribution in [0.5, 0.6) is 0 Å². The first-order chi connectivity index (χ1) is 15.2. The highest BCUT2D eigenvalue weighted by molar-refractivity contribution is 5.96. The van der Waals surface area contributed by atoms with E-state index < -0.39 is 0 Å². The molecule has 3 heterocycles. The Balaban J connectivity index is 1.26. The number of nitrogens with zero attached hydrogens (tertiary/aromatic N) is 4. The molecular formula is C25H28N4O2. The number of rotatable bonds is 4. The second-order valence-electron chi connectivity index (χ2n) is 8.62. The molecule has 1 fully saturated rings. The van der Waals surface area contributed by atoms with Crippen LogP contribution in [0.15, 0.2) is 53.1 Å². The summed E-state index contributed by atoms with van der Waals surface area (Å²) in [5.41, 5.74) is 4.49. The van der Waals surface area contributed by atoms with E-state index in [0.717, 1.165) is 62.1 Å². The third kappa shape index (κ3) is 4.12. The molecule has 1 aromatic heterocycles. The second-order valence-corrected chi connectivity index (χ2v) is 8.62. The zero-order chi connectivity index (χ0) is 21.2. The summed E-state index contributed by atoms with van der Waals surface area (Å²) >= 11 is 0. The van der Waals surface area contributed by atoms with Crippen molar-refractivity contribution in [2.45, 2.75) is 39.2 Å². The number of aromatic nitrogens is 2. The molecule has 2 aromatic carbocycles. The first kappa shape index (κ1) is 19.9. The van der Waals surface area contributed by atoms with Crippen LogP contribution in [-0.2, 0) is 17.8 Å². The van der Waals surface area contributed by atoms with Crippen LogP contribution in [0.3, 0.4) is 0 Å². The van der Waals surface area contributed by atoms with Crippen LogP contribution in [0.1, 0.15) is 36.3 Å². The lowest BCUT2D eigenvalue weighted by Crippen LogP contribution is -2.46. The molecule has 1 atom stereocenters. The van der Waals surface area contributed by atoms with Gasteiger partial charge in [0.1, 0.15) is 0 Å². The van der Waals surface area contributed by atoms with Crippen molar-refractivity contribution < 1.29 is 9.32 Å². The number of hydrogen-bond acceptors (Lipinski definition) is 5. The Labute approximate surface area is 182 Å². The zero-order valence-corrected chi connectivity index (χ0v) is 18.0. The van der Waals surface area contributed by atoms with Crippen molar-refractivity contribution in [3.8, 4) is 11.4 Å². The van der Waals surface area contributed by atoms with E-state index in [1.807, 2.05) is 42.2 Å². The van der Waals surface area contributed by atoms with Crippen molar-refractivity contribution in [1.29, 1.82) is 0 Å². The molecular weight excluding hydrogens is 388 g/mol. The summed E-state index contributed by atoms with van der Waals surface area (Å²) < 4.78 is 5.54. The summed E-state index contributed by atoms with van der Waals surface area (Å²) in [6.45, 7) is 5.13. The van der Waals surface area contributed by atoms with E-state index in [0.29, 0.717) is 18.3 Å². The van der Waals surface area contributed by atoms with E-state index >= 15 is 0 Å². The highest BCUT2D eigenvalue weighted by Crippen LogP contribution is 2.30. The van der Waals surface area contributed by atoms with Crippen LogP contribution in [0.25, 0.3) is 11.4 Å². The number of carbonyl (C=O) groups excluding carboxylic acids is 1. The summed E-state index contributed by atoms with van der Waals surface area (Å²) in [7, 11) is 0. The van der Waals surface area contributed by atoms with E-state index in [2.05, 4.69) is 33.2 Å². The summed E-state index contributed by atoms with van der Waals surface area (Å²) in [5, 5.41) is 4.18. The van der Waals surface area contributed by atoms with Crippen molar-refractivity contribution in [2.24, 2.45) is 5.92 Å². The number of hydrogen-bond donors (Lipinski definition) is 0. The molecule has 2 aliphatic rings. The number of amides is 1. The van der Waals surface area contributed by atoms with Crippen molar-refractivity contribution in [2.75, 3.05) is 24.5 Å². The fourth-order valence-electron chi connectivity index (χ4n) is 4.83. The molecule has 6 heteroatoms. The lowest BCUT2D eigenvalue weighted by Gasteiger charge is -2.36. The van der Waals surface area contributed by atoms with Crippen molar-refractivity contribution in [3.05, 3.63) is 65.5 Å². The van der Waals surface area contributed by atoms with Crippen LogP contribution in [0.4, 0.5) is 5.69 Å². The SMILES string of the molecule is Cc1ccccc1-c1noc(CN2CCCC(C(=O)N3CCCc4ccccc43)C2)n1. The average Bonchev–Trinajstić information content (AvgIpc) is 3.27. The van der Waals surface area contributed by atoms with E-state index in [9.17, 15) is 4.79 Å². The normalized spacial score (nSPS) is 19.3. The Morgan fingerprint density at radius 2 is 1.94 bits per heavy atom. The van der Waals surface area contributed by atoms with Crippen molar-refractivity contribution in [3.63, 3.8) is 0 Å². The molecule has 5 rings (SSSR count). The number of anilines is 1. The second kappa shape index (κ2) is 8.63. The largest absolute Gasteiger partial charge is 0.338 e. The smallest absolute Gasteiger partial charge is 0.241 e. The minimum Gasteiger partial charge on any atom is -0.338 e. The quantitative estimate of drug-likeness (QED) is 0.637. The third-order valence-corrected chi connectivity index (χ3v) is 6.44. The topological polar surface area (TPSA) is 62.5 Å². The minimum absolute atomic E-state index is 0.0127. The highest BCUT2D eigenvalue weighted by atomic mass is 16.5. The van der Waals surface area contributed by atoms with E-state index in [4.69, 9.17) is 4.52 Å². The molecule has 6 nitrogen and oxygen atoms in total. The maximum Gasteiger partial charge on any atom is 0.241 e. The Hall–Kier alpha value is -2.99. The summed E-state index contributed by atoms with van der Waals surface area (Å²) in [4.78, 5) is 22.3. The minimum atomic E-state index is 0.0127. The molecule has 1 unspecified atom stereocenters. The Kier molecular flexibility index (Phi) is 5.55. The average molecular weight is 417 g/mol. The first-order valence-electron chi connectivity index (χ1n) is 11.2. The third-order valence-electron chi connectivity index (χ3n) is 6.44. The molecule has 2 aliphatic heterocycles. The first-order valence-corrected chi connectivity index (χ1v) is 11.2. The molecule has 31 heavy (non-hydrogen) atoms. The molecule has 1 amide bonds. The highest BCUT2D eigenvalue weighted by Gasteiger charge is 2.32. The lowest BCUT2D eigenvalue weighted by atomic mass is 9.94. The van der Waals surface area contributed by atoms with Gasteiger partial charge in [-0.15, -0.1) is 0 Å². The summed E-state index contributed by atoms with van der Waals surface area (Å²) in [5.74, 6) is 1.50. The fourth-order valence-corrected chi connectivity index (χ4v) is 4.83. The van der Waals surface area contributed by atoms with Crippen LogP contribution in [0, 0.1) is 12.8 Å². The van der Waals surface area contributed by atoms with Crippen LogP contribution in [0.2, 0.25) is 0 Å². The number of para-hydroxylation sites is 1. The maximum absolute atomic E-state index is 13.4. The Morgan fingerprint density at radius 3 is 2.84 bits per heavy atom. The van der Waals surface area contributed by atoms with Gasteiger partial charge in [-0.25, -0.2) is 0 Å². The number of likely N-dealkylation sites (tertiary alicyclic amines) is 1. The standard InChI is InChI=1S/C25H28N4O2/c1-18-8-2-4-12-21(18)24-26-23(31-27-24)17-28-14-6-11-20(16-28)25(30)29-15-7-10-19-9-3-5-13-22(19)29/h2-5,8-9,12-13,20H,6-7,10-11,14-17H2,1H3. The molecule has 0 bridgehead atoms. The van der Waals surface area contributed by atoms with Gasteiger partial charge in [-0.2, -0.15) is 4.98 Å². The molecule has 160 valence electrons. The van der Waals surface area contributed by atoms with E-state index in [-0.39, 0.29) is 11.8 Å². The number of carbonyl (C=O) groups is 1. The van der Waals surface area contributed by atoms with Gasteiger partial charge in [0.15, 0.2) is 0 Å². The van der Waals surface area contributed by atoms with Crippen LogP contribution in [-0.4, -0.2) is 40.6 Å². The predicted molar refractivity (Wildman–Crippen MR) is 120 cm³/mol. The van der Waals surface area contributed by atoms with Crippen molar-refractivity contribution >= 4 is 11.6 Å². The maximum atomic E-state index is 13.4. The van der Waals surface area contributed by atoms with Gasteiger partial charge in [-0.05, 0) is 56.3 Å². The van der Waals surface area contributed by atoms with Gasteiger partial charge in [0, 0.05) is 24.3 Å². The Bertz CT molecular complexity index is 1080. The van der Waals surface area contributed by atoms with Gasteiger partial charge in [0.2, 0.25) is 17.6 Å². The fraction of sp³-hybridized carbons (Fsp3) is 0.400. The Morgan fingerprint density at radius 1 is 1.10 bits per heavy atom. The van der Waals surface area contributed by atoms with Gasteiger partial charge in [-0.3, -0.25) is 9.69 Å². The van der Waals surface area contributed by atoms with Crippen molar-refractivity contribution in [1.82, 2.24) is 15.0 Å². The van der Waals surface area contributed by atoms with E-state index in [1.54, 1.807) is 0 Å². The number of fused-ring (bicyclic) bond motifs is 1. The van der Waals surface area contributed by atoms with Gasteiger partial charge >= 0.3 is 0 Å². The van der Waals surface area contributed by atoms with Gasteiger partial charge < -0.3 is 9.42 Å². The molecule has 3 aromatic rings. The van der Waals surface area contributed by atoms with E-state index in [1.165, 1.54) is 5.56 Å². The monoisotopic (exact) mass is 416 g/mol. The molecule has 1 saturated heterocycles. The van der Waals surface area contributed by atoms with Gasteiger partial charge in [-0.1, -0.05) is 47.6 Å². The van der Waals surface area contributed by atoms with Gasteiger partial charge in [0.25, 0.3) is 0 Å². The molecule has 0 spiro atoms. The summed E-state index contributed by atoms with van der Waals surface area (Å²) in [6, 6.07) is 16.4. The van der Waals surface area contributed by atoms with Crippen LogP contribution >= 0.6 is 0 Å². The van der Waals surface area contributed by atoms with Crippen LogP contribution < -0.4 is 4.90 Å². The molecule has 0 radical (unpaired) electrons.